The van der Waals surface area contributed by atoms with Crippen LogP contribution in [0.5, 0.6) is 0 Å². The highest BCUT2D eigenvalue weighted by Crippen LogP contribution is 2.24. The lowest BCUT2D eigenvalue weighted by Crippen LogP contribution is -2.31. The number of nitrogens with zero attached hydrogens (tertiary/aromatic N) is 4. The molecular weight excluding hydrogens is 342 g/mol. The maximum Gasteiger partial charge on any atom is 0.268 e. The van der Waals surface area contributed by atoms with Crippen LogP contribution in [0, 0.1) is 12.8 Å². The van der Waals surface area contributed by atoms with Gasteiger partial charge < -0.3 is 20.8 Å². The lowest BCUT2D eigenvalue weighted by Gasteiger charge is -2.23. The smallest absolute Gasteiger partial charge is 0.268 e. The van der Waals surface area contributed by atoms with Crippen LogP contribution in [-0.4, -0.2) is 44.9 Å². The van der Waals surface area contributed by atoms with E-state index in [4.69, 9.17) is 10.7 Å². The van der Waals surface area contributed by atoms with Gasteiger partial charge in [0.1, 0.15) is 5.69 Å². The number of piperidine rings is 1. The Kier molecular flexibility index (Phi) is 4.72. The van der Waals surface area contributed by atoms with Gasteiger partial charge in [0.15, 0.2) is 11.5 Å². The highest BCUT2D eigenvalue weighted by Gasteiger charge is 2.17. The van der Waals surface area contributed by atoms with E-state index in [1.807, 2.05) is 29.7 Å². The van der Waals surface area contributed by atoms with Gasteiger partial charge in [-0.3, -0.25) is 9.78 Å². The number of rotatable bonds is 5. The SMILES string of the molecule is Cc1cc(-c2cn3cc(C(N)=O)nc3c(NCC3CCNCC3)n2)ccn1. The Morgan fingerprint density at radius 1 is 1.33 bits per heavy atom. The lowest BCUT2D eigenvalue weighted by molar-refractivity contribution is 0.0996. The van der Waals surface area contributed by atoms with E-state index >= 15 is 0 Å². The van der Waals surface area contributed by atoms with Crippen LogP contribution in [0.4, 0.5) is 5.82 Å². The average molecular weight is 365 g/mol. The average Bonchev–Trinajstić information content (AvgIpc) is 3.11. The molecule has 140 valence electrons. The molecule has 1 aliphatic heterocycles. The normalized spacial score (nSPS) is 15.1. The van der Waals surface area contributed by atoms with E-state index in [0.717, 1.165) is 49.4 Å². The number of amides is 1. The summed E-state index contributed by atoms with van der Waals surface area (Å²) in [7, 11) is 0. The molecule has 4 N–H and O–H groups in total. The van der Waals surface area contributed by atoms with Crippen molar-refractivity contribution >= 4 is 17.4 Å². The van der Waals surface area contributed by atoms with Gasteiger partial charge in [0.25, 0.3) is 5.91 Å². The Morgan fingerprint density at radius 2 is 2.15 bits per heavy atom. The highest BCUT2D eigenvalue weighted by atomic mass is 16.1. The van der Waals surface area contributed by atoms with Crippen molar-refractivity contribution in [1.29, 1.82) is 0 Å². The zero-order valence-electron chi connectivity index (χ0n) is 15.3. The topological polar surface area (TPSA) is 110 Å². The number of primary amides is 1. The van der Waals surface area contributed by atoms with Crippen LogP contribution in [-0.2, 0) is 0 Å². The Labute approximate surface area is 157 Å². The number of aromatic nitrogens is 4. The minimum Gasteiger partial charge on any atom is -0.367 e. The van der Waals surface area contributed by atoms with Gasteiger partial charge >= 0.3 is 0 Å². The predicted molar refractivity (Wildman–Crippen MR) is 104 cm³/mol. The summed E-state index contributed by atoms with van der Waals surface area (Å²) < 4.78 is 1.81. The number of nitrogens with two attached hydrogens (primary N) is 1. The zero-order chi connectivity index (χ0) is 18.8. The quantitative estimate of drug-likeness (QED) is 0.634. The number of fused-ring (bicyclic) bond motifs is 1. The Bertz CT molecular complexity index is 975. The van der Waals surface area contributed by atoms with E-state index in [2.05, 4.69) is 20.6 Å². The number of hydrogen-bond acceptors (Lipinski definition) is 6. The lowest BCUT2D eigenvalue weighted by atomic mass is 9.98. The molecule has 3 aromatic rings. The molecule has 0 radical (unpaired) electrons. The van der Waals surface area contributed by atoms with Gasteiger partial charge in [-0.2, -0.15) is 0 Å². The molecule has 1 fully saturated rings. The fourth-order valence-electron chi connectivity index (χ4n) is 3.41. The number of hydrogen-bond donors (Lipinski definition) is 3. The van der Waals surface area contributed by atoms with Crippen molar-refractivity contribution in [3.05, 3.63) is 42.1 Å². The fraction of sp³-hybridized carbons (Fsp3) is 0.368. The summed E-state index contributed by atoms with van der Waals surface area (Å²) in [4.78, 5) is 25.0. The van der Waals surface area contributed by atoms with Crippen LogP contribution in [0.15, 0.2) is 30.7 Å². The summed E-state index contributed by atoms with van der Waals surface area (Å²) in [6, 6.07) is 3.90. The summed E-state index contributed by atoms with van der Waals surface area (Å²) >= 11 is 0. The summed E-state index contributed by atoms with van der Waals surface area (Å²) in [6.45, 7) is 4.85. The van der Waals surface area contributed by atoms with Crippen LogP contribution >= 0.6 is 0 Å². The molecular formula is C19H23N7O. The van der Waals surface area contributed by atoms with Crippen molar-refractivity contribution in [2.45, 2.75) is 19.8 Å². The summed E-state index contributed by atoms with van der Waals surface area (Å²) in [6.07, 6.45) is 7.54. The van der Waals surface area contributed by atoms with Crippen LogP contribution in [0.3, 0.4) is 0 Å². The predicted octanol–water partition coefficient (Wildman–Crippen LogP) is 1.61. The second-order valence-corrected chi connectivity index (χ2v) is 6.96. The number of nitrogens with one attached hydrogen (secondary N) is 2. The first-order chi connectivity index (χ1) is 13.1. The van der Waals surface area contributed by atoms with Crippen molar-refractivity contribution < 1.29 is 4.79 Å². The van der Waals surface area contributed by atoms with Crippen molar-refractivity contribution in [1.82, 2.24) is 24.7 Å². The Balaban J connectivity index is 1.72. The van der Waals surface area contributed by atoms with E-state index in [9.17, 15) is 4.79 Å². The number of pyridine rings is 1. The molecule has 1 amide bonds. The molecule has 8 nitrogen and oxygen atoms in total. The van der Waals surface area contributed by atoms with E-state index < -0.39 is 5.91 Å². The van der Waals surface area contributed by atoms with Gasteiger partial charge in [0.2, 0.25) is 0 Å². The molecule has 27 heavy (non-hydrogen) atoms. The summed E-state index contributed by atoms with van der Waals surface area (Å²) in [5.74, 6) is 0.697. The molecule has 0 bridgehead atoms. The number of carbonyl (C=O) groups excluding carboxylic acids is 1. The number of carbonyl (C=O) groups is 1. The summed E-state index contributed by atoms with van der Waals surface area (Å²) in [5.41, 5.74) is 8.91. The monoisotopic (exact) mass is 365 g/mol. The molecule has 0 aromatic carbocycles. The minimum atomic E-state index is -0.552. The molecule has 0 aliphatic carbocycles. The van der Waals surface area contributed by atoms with Crippen LogP contribution in [0.25, 0.3) is 16.9 Å². The Morgan fingerprint density at radius 3 is 2.89 bits per heavy atom. The van der Waals surface area contributed by atoms with Crippen molar-refractivity contribution in [3.8, 4) is 11.3 Å². The largest absolute Gasteiger partial charge is 0.367 e. The number of anilines is 1. The third kappa shape index (κ3) is 3.75. The Hall–Kier alpha value is -3.00. The second-order valence-electron chi connectivity index (χ2n) is 6.96. The minimum absolute atomic E-state index is 0.227. The van der Waals surface area contributed by atoms with E-state index in [-0.39, 0.29) is 5.69 Å². The van der Waals surface area contributed by atoms with Crippen LogP contribution in [0.2, 0.25) is 0 Å². The van der Waals surface area contributed by atoms with Crippen molar-refractivity contribution in [3.63, 3.8) is 0 Å². The number of imidazole rings is 1. The molecule has 0 unspecified atom stereocenters. The fourth-order valence-corrected chi connectivity index (χ4v) is 3.41. The first-order valence-corrected chi connectivity index (χ1v) is 9.17. The van der Waals surface area contributed by atoms with Gasteiger partial charge in [0, 0.05) is 36.4 Å². The van der Waals surface area contributed by atoms with E-state index in [1.165, 1.54) is 0 Å². The molecule has 0 saturated carbocycles. The molecule has 8 heteroatoms. The maximum absolute atomic E-state index is 11.6. The first-order valence-electron chi connectivity index (χ1n) is 9.17. The molecule has 0 spiro atoms. The third-order valence-electron chi connectivity index (χ3n) is 4.90. The van der Waals surface area contributed by atoms with E-state index in [0.29, 0.717) is 17.4 Å². The first kappa shape index (κ1) is 17.4. The van der Waals surface area contributed by atoms with E-state index in [1.54, 1.807) is 12.4 Å². The number of aryl methyl sites for hydroxylation is 1. The van der Waals surface area contributed by atoms with Crippen molar-refractivity contribution in [2.75, 3.05) is 25.0 Å². The zero-order valence-corrected chi connectivity index (χ0v) is 15.3. The molecule has 4 heterocycles. The van der Waals surface area contributed by atoms with Gasteiger partial charge in [-0.25, -0.2) is 9.97 Å². The van der Waals surface area contributed by atoms with Crippen LogP contribution < -0.4 is 16.4 Å². The molecule has 1 saturated heterocycles. The van der Waals surface area contributed by atoms with Gasteiger partial charge in [-0.05, 0) is 50.9 Å². The van der Waals surface area contributed by atoms with Crippen molar-refractivity contribution in [2.24, 2.45) is 11.7 Å². The van der Waals surface area contributed by atoms with Crippen LogP contribution in [0.1, 0.15) is 29.0 Å². The summed E-state index contributed by atoms with van der Waals surface area (Å²) in [5, 5.41) is 6.82. The molecule has 4 rings (SSSR count). The molecule has 1 aliphatic rings. The maximum atomic E-state index is 11.6. The highest BCUT2D eigenvalue weighted by molar-refractivity contribution is 5.92. The van der Waals surface area contributed by atoms with Gasteiger partial charge in [-0.1, -0.05) is 0 Å². The molecule has 0 atom stereocenters. The van der Waals surface area contributed by atoms with Gasteiger partial charge in [0.05, 0.1) is 5.69 Å². The van der Waals surface area contributed by atoms with Gasteiger partial charge in [-0.15, -0.1) is 0 Å². The molecule has 3 aromatic heterocycles. The standard InChI is InChI=1S/C19H23N7O/c1-12-8-14(4-7-22-12)15-10-26-11-16(17(20)27)25-19(26)18(24-15)23-9-13-2-5-21-6-3-13/h4,7-8,10-11,13,21H,2-3,5-6,9H2,1H3,(H2,20,27)(H,23,24). The third-order valence-corrected chi connectivity index (χ3v) is 4.90. The second kappa shape index (κ2) is 7.32.